The highest BCUT2D eigenvalue weighted by Crippen LogP contribution is 2.46. The van der Waals surface area contributed by atoms with Crippen LogP contribution in [0.4, 0.5) is 0 Å². The van der Waals surface area contributed by atoms with E-state index in [9.17, 15) is 9.90 Å². The summed E-state index contributed by atoms with van der Waals surface area (Å²) in [6, 6.07) is 4.04. The van der Waals surface area contributed by atoms with E-state index in [1.165, 1.54) is 4.88 Å². The summed E-state index contributed by atoms with van der Waals surface area (Å²) in [5.74, 6) is -0.307. The molecule has 0 bridgehead atoms. The second-order valence-corrected chi connectivity index (χ2v) is 5.54. The SMILES string of the molecule is CC1CCCC1(Cc1cccs1)C(=O)O. The number of hydrogen-bond donors (Lipinski definition) is 1. The maximum atomic E-state index is 11.5. The van der Waals surface area contributed by atoms with E-state index in [1.807, 2.05) is 17.5 Å². The van der Waals surface area contributed by atoms with Gasteiger partial charge in [-0.25, -0.2) is 0 Å². The quantitative estimate of drug-likeness (QED) is 0.856. The molecule has 1 aromatic heterocycles. The van der Waals surface area contributed by atoms with Crippen LogP contribution >= 0.6 is 11.3 Å². The monoisotopic (exact) mass is 224 g/mol. The van der Waals surface area contributed by atoms with Crippen LogP contribution in [-0.2, 0) is 11.2 Å². The molecule has 2 atom stereocenters. The van der Waals surface area contributed by atoms with Crippen molar-refractivity contribution in [2.45, 2.75) is 32.6 Å². The number of aliphatic carboxylic acids is 1. The molecule has 2 rings (SSSR count). The van der Waals surface area contributed by atoms with Gasteiger partial charge in [0.05, 0.1) is 5.41 Å². The molecule has 0 aliphatic heterocycles. The van der Waals surface area contributed by atoms with Crippen molar-refractivity contribution >= 4 is 17.3 Å². The molecule has 82 valence electrons. The van der Waals surface area contributed by atoms with Crippen molar-refractivity contribution in [1.29, 1.82) is 0 Å². The predicted molar refractivity (Wildman–Crippen MR) is 61.1 cm³/mol. The lowest BCUT2D eigenvalue weighted by Crippen LogP contribution is -2.35. The Labute approximate surface area is 93.9 Å². The molecule has 0 radical (unpaired) electrons. The van der Waals surface area contributed by atoms with E-state index < -0.39 is 11.4 Å². The van der Waals surface area contributed by atoms with Crippen LogP contribution in [0, 0.1) is 11.3 Å². The van der Waals surface area contributed by atoms with Crippen molar-refractivity contribution in [3.8, 4) is 0 Å². The average molecular weight is 224 g/mol. The second-order valence-electron chi connectivity index (χ2n) is 4.51. The van der Waals surface area contributed by atoms with Crippen molar-refractivity contribution < 1.29 is 9.90 Å². The van der Waals surface area contributed by atoms with E-state index in [0.717, 1.165) is 19.3 Å². The van der Waals surface area contributed by atoms with E-state index >= 15 is 0 Å². The molecule has 2 nitrogen and oxygen atoms in total. The van der Waals surface area contributed by atoms with Crippen LogP contribution in [0.25, 0.3) is 0 Å². The molecule has 1 aliphatic rings. The van der Waals surface area contributed by atoms with Gasteiger partial charge in [-0.2, -0.15) is 0 Å². The van der Waals surface area contributed by atoms with Gasteiger partial charge in [-0.05, 0) is 36.6 Å². The van der Waals surface area contributed by atoms with Gasteiger partial charge >= 0.3 is 5.97 Å². The molecular weight excluding hydrogens is 208 g/mol. The molecule has 0 amide bonds. The maximum absolute atomic E-state index is 11.5. The van der Waals surface area contributed by atoms with Crippen molar-refractivity contribution in [3.63, 3.8) is 0 Å². The van der Waals surface area contributed by atoms with Gasteiger partial charge in [0.2, 0.25) is 0 Å². The summed E-state index contributed by atoms with van der Waals surface area (Å²) in [7, 11) is 0. The van der Waals surface area contributed by atoms with Crippen LogP contribution in [-0.4, -0.2) is 11.1 Å². The molecule has 0 aromatic carbocycles. The molecule has 1 heterocycles. The van der Waals surface area contributed by atoms with Crippen molar-refractivity contribution in [2.24, 2.45) is 11.3 Å². The molecule has 3 heteroatoms. The van der Waals surface area contributed by atoms with Crippen molar-refractivity contribution in [3.05, 3.63) is 22.4 Å². The summed E-state index contributed by atoms with van der Waals surface area (Å²) in [4.78, 5) is 12.7. The highest BCUT2D eigenvalue weighted by molar-refractivity contribution is 7.09. The average Bonchev–Trinajstić information content (AvgIpc) is 2.78. The Morgan fingerprint density at radius 1 is 1.73 bits per heavy atom. The van der Waals surface area contributed by atoms with Crippen molar-refractivity contribution in [2.75, 3.05) is 0 Å². The van der Waals surface area contributed by atoms with Gasteiger partial charge in [0.25, 0.3) is 0 Å². The van der Waals surface area contributed by atoms with E-state index in [-0.39, 0.29) is 0 Å². The van der Waals surface area contributed by atoms with Gasteiger partial charge in [-0.15, -0.1) is 11.3 Å². The third kappa shape index (κ3) is 1.81. The fraction of sp³-hybridized carbons (Fsp3) is 0.583. The van der Waals surface area contributed by atoms with Gasteiger partial charge in [0, 0.05) is 4.88 Å². The summed E-state index contributed by atoms with van der Waals surface area (Å²) < 4.78 is 0. The standard InChI is InChI=1S/C12H16O2S/c1-9-4-2-6-12(9,11(13)14)8-10-5-3-7-15-10/h3,5,7,9H,2,4,6,8H2,1H3,(H,13,14). The number of thiophene rings is 1. The minimum atomic E-state index is -0.610. The van der Waals surface area contributed by atoms with E-state index in [0.29, 0.717) is 12.3 Å². The van der Waals surface area contributed by atoms with Crippen LogP contribution in [0.1, 0.15) is 31.1 Å². The molecule has 0 saturated heterocycles. The predicted octanol–water partition coefficient (Wildman–Crippen LogP) is 3.18. The highest BCUT2D eigenvalue weighted by Gasteiger charge is 2.46. The first-order valence-corrected chi connectivity index (χ1v) is 6.29. The molecule has 15 heavy (non-hydrogen) atoms. The van der Waals surface area contributed by atoms with Gasteiger partial charge in [-0.1, -0.05) is 19.4 Å². The first-order chi connectivity index (χ1) is 7.15. The molecular formula is C12H16O2S. The Morgan fingerprint density at radius 3 is 3.00 bits per heavy atom. The van der Waals surface area contributed by atoms with Gasteiger partial charge < -0.3 is 5.11 Å². The Morgan fingerprint density at radius 2 is 2.53 bits per heavy atom. The zero-order chi connectivity index (χ0) is 10.9. The lowest BCUT2D eigenvalue weighted by molar-refractivity contribution is -0.150. The molecule has 1 saturated carbocycles. The molecule has 1 aliphatic carbocycles. The molecule has 1 N–H and O–H groups in total. The summed E-state index contributed by atoms with van der Waals surface area (Å²) in [5, 5.41) is 11.5. The topological polar surface area (TPSA) is 37.3 Å². The van der Waals surface area contributed by atoms with Crippen LogP contribution in [0.15, 0.2) is 17.5 Å². The third-order valence-electron chi connectivity index (χ3n) is 3.70. The Hall–Kier alpha value is -0.830. The van der Waals surface area contributed by atoms with Crippen LogP contribution < -0.4 is 0 Å². The number of carboxylic acid groups (broad SMARTS) is 1. The van der Waals surface area contributed by atoms with Crippen LogP contribution in [0.3, 0.4) is 0 Å². The number of carboxylic acids is 1. The van der Waals surface area contributed by atoms with Crippen molar-refractivity contribution in [1.82, 2.24) is 0 Å². The minimum absolute atomic E-state index is 0.303. The van der Waals surface area contributed by atoms with Gasteiger partial charge in [-0.3, -0.25) is 4.79 Å². The number of hydrogen-bond acceptors (Lipinski definition) is 2. The fourth-order valence-corrected chi connectivity index (χ4v) is 3.46. The number of carbonyl (C=O) groups is 1. The second kappa shape index (κ2) is 3.97. The molecule has 1 fully saturated rings. The zero-order valence-electron chi connectivity index (χ0n) is 8.90. The lowest BCUT2D eigenvalue weighted by atomic mass is 9.75. The van der Waals surface area contributed by atoms with Crippen LogP contribution in [0.2, 0.25) is 0 Å². The summed E-state index contributed by atoms with van der Waals surface area (Å²) >= 11 is 1.66. The first kappa shape index (κ1) is 10.7. The smallest absolute Gasteiger partial charge is 0.310 e. The van der Waals surface area contributed by atoms with Gasteiger partial charge in [0.15, 0.2) is 0 Å². The minimum Gasteiger partial charge on any atom is -0.481 e. The lowest BCUT2D eigenvalue weighted by Gasteiger charge is -2.28. The molecule has 0 spiro atoms. The number of rotatable bonds is 3. The highest BCUT2D eigenvalue weighted by atomic mass is 32.1. The van der Waals surface area contributed by atoms with E-state index in [1.54, 1.807) is 11.3 Å². The van der Waals surface area contributed by atoms with E-state index in [2.05, 4.69) is 6.92 Å². The van der Waals surface area contributed by atoms with Crippen LogP contribution in [0.5, 0.6) is 0 Å². The summed E-state index contributed by atoms with van der Waals surface area (Å²) in [6.07, 6.45) is 3.65. The summed E-state index contributed by atoms with van der Waals surface area (Å²) in [6.45, 7) is 2.08. The maximum Gasteiger partial charge on any atom is 0.310 e. The normalized spacial score (nSPS) is 30.6. The molecule has 1 aromatic rings. The van der Waals surface area contributed by atoms with E-state index in [4.69, 9.17) is 0 Å². The Balaban J connectivity index is 2.24. The van der Waals surface area contributed by atoms with Gasteiger partial charge in [0.1, 0.15) is 0 Å². The first-order valence-electron chi connectivity index (χ1n) is 5.41. The fourth-order valence-electron chi connectivity index (χ4n) is 2.63. The summed E-state index contributed by atoms with van der Waals surface area (Å²) in [5.41, 5.74) is -0.495. The largest absolute Gasteiger partial charge is 0.481 e. The molecule has 2 unspecified atom stereocenters. The third-order valence-corrected chi connectivity index (χ3v) is 4.58. The Bertz CT molecular complexity index is 345. The Kier molecular flexibility index (Phi) is 2.83. The zero-order valence-corrected chi connectivity index (χ0v) is 9.72.